The van der Waals surface area contributed by atoms with Crippen molar-refractivity contribution in [2.75, 3.05) is 7.11 Å². The highest BCUT2D eigenvalue weighted by Crippen LogP contribution is 2.25. The molecule has 3 aromatic carbocycles. The number of esters is 1. The predicted octanol–water partition coefficient (Wildman–Crippen LogP) is 4.21. The second-order valence-corrected chi connectivity index (χ2v) is 4.74. The van der Waals surface area contributed by atoms with Gasteiger partial charge < -0.3 is 9.47 Å². The Bertz CT molecular complexity index is 843. The number of hydrogen-bond acceptors (Lipinski definition) is 3. The maximum atomic E-state index is 13.6. The molecular formula is C18H13FO3. The third kappa shape index (κ3) is 2.76. The van der Waals surface area contributed by atoms with E-state index in [0.717, 1.165) is 10.8 Å². The normalized spacial score (nSPS) is 10.5. The second-order valence-electron chi connectivity index (χ2n) is 4.74. The van der Waals surface area contributed by atoms with Crippen molar-refractivity contribution < 1.29 is 18.7 Å². The molecule has 0 amide bonds. The molecule has 0 unspecified atom stereocenters. The van der Waals surface area contributed by atoms with Crippen molar-refractivity contribution in [3.63, 3.8) is 0 Å². The first-order chi connectivity index (χ1) is 10.7. The lowest BCUT2D eigenvalue weighted by Gasteiger charge is -2.07. The number of rotatable bonds is 3. The van der Waals surface area contributed by atoms with Gasteiger partial charge >= 0.3 is 5.97 Å². The first-order valence-electron chi connectivity index (χ1n) is 6.72. The van der Waals surface area contributed by atoms with Crippen LogP contribution >= 0.6 is 0 Å². The summed E-state index contributed by atoms with van der Waals surface area (Å²) in [6.07, 6.45) is 0. The predicted molar refractivity (Wildman–Crippen MR) is 81.9 cm³/mol. The highest BCUT2D eigenvalue weighted by Gasteiger charge is 2.13. The number of methoxy groups -OCH3 is 1. The number of ether oxygens (including phenoxy) is 2. The van der Waals surface area contributed by atoms with E-state index < -0.39 is 11.8 Å². The van der Waals surface area contributed by atoms with Crippen molar-refractivity contribution in [2.24, 2.45) is 0 Å². The summed E-state index contributed by atoms with van der Waals surface area (Å²) in [7, 11) is 1.59. The van der Waals surface area contributed by atoms with E-state index >= 15 is 0 Å². The molecule has 4 heteroatoms. The van der Waals surface area contributed by atoms with Crippen LogP contribution in [0.1, 0.15) is 10.4 Å². The average Bonchev–Trinajstić information content (AvgIpc) is 2.54. The molecule has 0 aromatic heterocycles. The average molecular weight is 296 g/mol. The molecule has 0 N–H and O–H groups in total. The molecule has 22 heavy (non-hydrogen) atoms. The summed E-state index contributed by atoms with van der Waals surface area (Å²) in [6, 6.07) is 16.6. The van der Waals surface area contributed by atoms with Crippen LogP contribution in [0, 0.1) is 5.82 Å². The fourth-order valence-electron chi connectivity index (χ4n) is 2.18. The van der Waals surface area contributed by atoms with Crippen LogP contribution in [-0.2, 0) is 0 Å². The van der Waals surface area contributed by atoms with Crippen molar-refractivity contribution >= 4 is 16.7 Å². The zero-order valence-corrected chi connectivity index (χ0v) is 11.9. The molecule has 3 aromatic rings. The van der Waals surface area contributed by atoms with Crippen LogP contribution in [0.2, 0.25) is 0 Å². The van der Waals surface area contributed by atoms with E-state index in [2.05, 4.69) is 0 Å². The van der Waals surface area contributed by atoms with Gasteiger partial charge in [0.15, 0.2) is 0 Å². The van der Waals surface area contributed by atoms with Crippen LogP contribution in [0.15, 0.2) is 60.7 Å². The molecule has 0 aliphatic rings. The lowest BCUT2D eigenvalue weighted by Crippen LogP contribution is -2.10. The van der Waals surface area contributed by atoms with Gasteiger partial charge in [-0.2, -0.15) is 0 Å². The van der Waals surface area contributed by atoms with Gasteiger partial charge in [-0.1, -0.05) is 24.3 Å². The van der Waals surface area contributed by atoms with Crippen molar-refractivity contribution in [2.45, 2.75) is 0 Å². The van der Waals surface area contributed by atoms with Crippen LogP contribution in [0.5, 0.6) is 11.5 Å². The molecule has 0 heterocycles. The Morgan fingerprint density at radius 3 is 2.32 bits per heavy atom. The monoisotopic (exact) mass is 296 g/mol. The van der Waals surface area contributed by atoms with E-state index in [9.17, 15) is 9.18 Å². The van der Waals surface area contributed by atoms with Crippen LogP contribution in [0.3, 0.4) is 0 Å². The maximum Gasteiger partial charge on any atom is 0.346 e. The number of hydrogen-bond donors (Lipinski definition) is 0. The highest BCUT2D eigenvalue weighted by molar-refractivity contribution is 5.92. The van der Waals surface area contributed by atoms with E-state index in [-0.39, 0.29) is 5.56 Å². The quantitative estimate of drug-likeness (QED) is 0.536. The highest BCUT2D eigenvalue weighted by atomic mass is 19.1. The fourth-order valence-corrected chi connectivity index (χ4v) is 2.18. The molecule has 0 spiro atoms. The Balaban J connectivity index is 1.90. The summed E-state index contributed by atoms with van der Waals surface area (Å²) in [4.78, 5) is 12.0. The summed E-state index contributed by atoms with van der Waals surface area (Å²) in [5, 5.41) is 1.87. The molecule has 3 rings (SSSR count). The van der Waals surface area contributed by atoms with Gasteiger partial charge in [0.05, 0.1) is 12.7 Å². The van der Waals surface area contributed by atoms with Crippen molar-refractivity contribution in [3.05, 3.63) is 72.0 Å². The zero-order valence-electron chi connectivity index (χ0n) is 11.9. The summed E-state index contributed by atoms with van der Waals surface area (Å²) < 4.78 is 24.0. The minimum atomic E-state index is -0.722. The first kappa shape index (κ1) is 14.1. The molecule has 0 bridgehead atoms. The molecule has 0 saturated carbocycles. The first-order valence-corrected chi connectivity index (χ1v) is 6.72. The molecule has 0 atom stereocenters. The third-order valence-electron chi connectivity index (χ3n) is 3.32. The fraction of sp³-hybridized carbons (Fsp3) is 0.0556. The van der Waals surface area contributed by atoms with Gasteiger partial charge in [0, 0.05) is 0 Å². The van der Waals surface area contributed by atoms with Crippen LogP contribution in [-0.4, -0.2) is 13.1 Å². The van der Waals surface area contributed by atoms with Crippen molar-refractivity contribution in [1.29, 1.82) is 0 Å². The lowest BCUT2D eigenvalue weighted by molar-refractivity contribution is 0.0730. The minimum absolute atomic E-state index is 0.0896. The summed E-state index contributed by atoms with van der Waals surface area (Å²) in [6.45, 7) is 0. The molecule has 0 saturated heterocycles. The molecule has 0 fully saturated rings. The van der Waals surface area contributed by atoms with Crippen LogP contribution in [0.25, 0.3) is 10.8 Å². The van der Waals surface area contributed by atoms with Gasteiger partial charge in [0.2, 0.25) is 0 Å². The van der Waals surface area contributed by atoms with Crippen molar-refractivity contribution in [1.82, 2.24) is 0 Å². The molecule has 0 radical (unpaired) electrons. The zero-order chi connectivity index (χ0) is 15.5. The smallest absolute Gasteiger partial charge is 0.346 e. The largest absolute Gasteiger partial charge is 0.497 e. The Hall–Kier alpha value is -2.88. The Labute approximate surface area is 126 Å². The molecule has 110 valence electrons. The number of benzene rings is 3. The Kier molecular flexibility index (Phi) is 3.74. The van der Waals surface area contributed by atoms with Gasteiger partial charge in [-0.3, -0.25) is 0 Å². The number of carbonyl (C=O) groups excluding carboxylic acids is 1. The Morgan fingerprint density at radius 2 is 1.59 bits per heavy atom. The summed E-state index contributed by atoms with van der Waals surface area (Å²) in [5.74, 6) is -0.255. The molecule has 3 nitrogen and oxygen atoms in total. The molecular weight excluding hydrogens is 283 g/mol. The summed E-state index contributed by atoms with van der Waals surface area (Å²) in [5.41, 5.74) is -0.0896. The summed E-state index contributed by atoms with van der Waals surface area (Å²) >= 11 is 0. The lowest BCUT2D eigenvalue weighted by atomic mass is 10.1. The SMILES string of the molecule is COc1ccc2ccc(OC(=O)c3ccccc3F)cc2c1. The molecule has 0 aliphatic carbocycles. The third-order valence-corrected chi connectivity index (χ3v) is 3.32. The number of halogens is 1. The van der Waals surface area contributed by atoms with Crippen LogP contribution in [0.4, 0.5) is 4.39 Å². The topological polar surface area (TPSA) is 35.5 Å². The minimum Gasteiger partial charge on any atom is -0.497 e. The Morgan fingerprint density at radius 1 is 0.909 bits per heavy atom. The van der Waals surface area contributed by atoms with E-state index in [4.69, 9.17) is 9.47 Å². The maximum absolute atomic E-state index is 13.6. The van der Waals surface area contributed by atoms with Crippen molar-refractivity contribution in [3.8, 4) is 11.5 Å². The second kappa shape index (κ2) is 5.85. The van der Waals surface area contributed by atoms with E-state index in [1.807, 2.05) is 24.3 Å². The van der Waals surface area contributed by atoms with Gasteiger partial charge in [-0.25, -0.2) is 9.18 Å². The van der Waals surface area contributed by atoms with Gasteiger partial charge in [-0.05, 0) is 47.2 Å². The van der Waals surface area contributed by atoms with Gasteiger partial charge in [0.25, 0.3) is 0 Å². The van der Waals surface area contributed by atoms with E-state index in [0.29, 0.717) is 11.5 Å². The standard InChI is InChI=1S/C18H13FO3/c1-21-14-8-6-12-7-9-15(11-13(12)10-14)22-18(20)16-4-2-3-5-17(16)19/h2-11H,1H3. The van der Waals surface area contributed by atoms with E-state index in [1.165, 1.54) is 18.2 Å². The van der Waals surface area contributed by atoms with E-state index in [1.54, 1.807) is 25.3 Å². The van der Waals surface area contributed by atoms with Crippen LogP contribution < -0.4 is 9.47 Å². The molecule has 0 aliphatic heterocycles. The van der Waals surface area contributed by atoms with Gasteiger partial charge in [0.1, 0.15) is 17.3 Å². The number of carbonyl (C=O) groups is 1. The van der Waals surface area contributed by atoms with Gasteiger partial charge in [-0.15, -0.1) is 0 Å². The number of fused-ring (bicyclic) bond motifs is 1.